The van der Waals surface area contributed by atoms with Gasteiger partial charge in [0.25, 0.3) is 0 Å². The topological polar surface area (TPSA) is 44.1 Å². The molecule has 106 valence electrons. The zero-order valence-corrected chi connectivity index (χ0v) is 12.2. The Morgan fingerprint density at radius 3 is 2.50 bits per heavy atom. The molecule has 0 aliphatic heterocycles. The molecule has 0 saturated heterocycles. The number of hydrogen-bond donors (Lipinski definition) is 0. The predicted molar refractivity (Wildman–Crippen MR) is 78.3 cm³/mol. The molecule has 1 heterocycles. The first-order valence-corrected chi connectivity index (χ1v) is 6.88. The van der Waals surface area contributed by atoms with Crippen LogP contribution in [0.2, 0.25) is 0 Å². The minimum Gasteiger partial charge on any atom is -0.494 e. The van der Waals surface area contributed by atoms with Crippen molar-refractivity contribution in [3.8, 4) is 5.75 Å². The number of aryl methyl sites for hydroxylation is 3. The second-order valence-corrected chi connectivity index (χ2v) is 4.81. The van der Waals surface area contributed by atoms with Gasteiger partial charge in [-0.15, -0.1) is 0 Å². The van der Waals surface area contributed by atoms with Crippen LogP contribution >= 0.6 is 0 Å². The summed E-state index contributed by atoms with van der Waals surface area (Å²) in [6.45, 7) is 6.41. The van der Waals surface area contributed by atoms with Crippen molar-refractivity contribution in [2.75, 3.05) is 6.61 Å². The van der Waals surface area contributed by atoms with Crippen molar-refractivity contribution >= 4 is 5.91 Å². The van der Waals surface area contributed by atoms with E-state index in [1.54, 1.807) is 0 Å². The third-order valence-electron chi connectivity index (χ3n) is 3.11. The van der Waals surface area contributed by atoms with Crippen molar-refractivity contribution in [3.05, 3.63) is 47.3 Å². The van der Waals surface area contributed by atoms with Crippen molar-refractivity contribution in [3.63, 3.8) is 0 Å². The maximum atomic E-state index is 12.1. The average molecular weight is 272 g/mol. The second-order valence-electron chi connectivity index (χ2n) is 4.81. The number of benzene rings is 1. The van der Waals surface area contributed by atoms with Gasteiger partial charge in [0.05, 0.1) is 12.3 Å². The summed E-state index contributed by atoms with van der Waals surface area (Å²) < 4.78 is 6.88. The Labute approximate surface area is 119 Å². The lowest BCUT2D eigenvalue weighted by molar-refractivity contribution is 0.0884. The van der Waals surface area contributed by atoms with Crippen LogP contribution in [0.25, 0.3) is 0 Å². The quantitative estimate of drug-likeness (QED) is 0.839. The van der Waals surface area contributed by atoms with Gasteiger partial charge in [-0.2, -0.15) is 5.10 Å². The van der Waals surface area contributed by atoms with E-state index in [9.17, 15) is 4.79 Å². The van der Waals surface area contributed by atoms with Gasteiger partial charge in [-0.25, -0.2) is 4.68 Å². The number of ether oxygens (including phenoxy) is 1. The zero-order chi connectivity index (χ0) is 14.5. The summed E-state index contributed by atoms with van der Waals surface area (Å²) in [5, 5.41) is 4.21. The van der Waals surface area contributed by atoms with Gasteiger partial charge in [0, 0.05) is 12.1 Å². The van der Waals surface area contributed by atoms with E-state index in [-0.39, 0.29) is 5.91 Å². The van der Waals surface area contributed by atoms with E-state index in [0.717, 1.165) is 22.7 Å². The summed E-state index contributed by atoms with van der Waals surface area (Å²) in [5.41, 5.74) is 2.89. The molecular weight excluding hydrogens is 252 g/mol. The second kappa shape index (κ2) is 6.37. The molecule has 0 saturated carbocycles. The van der Waals surface area contributed by atoms with E-state index in [0.29, 0.717) is 19.4 Å². The molecule has 0 spiro atoms. The monoisotopic (exact) mass is 272 g/mol. The molecule has 20 heavy (non-hydrogen) atoms. The molecule has 1 aromatic carbocycles. The van der Waals surface area contributed by atoms with Crippen LogP contribution in [0.15, 0.2) is 30.3 Å². The minimum absolute atomic E-state index is 0.0319. The number of nitrogens with zero attached hydrogens (tertiary/aromatic N) is 2. The SMILES string of the molecule is CCOc1ccc(CCC(=O)n2nc(C)cc2C)cc1. The van der Waals surface area contributed by atoms with E-state index in [2.05, 4.69) is 5.10 Å². The maximum absolute atomic E-state index is 12.1. The Bertz CT molecular complexity index is 585. The molecule has 0 unspecified atom stereocenters. The lowest BCUT2D eigenvalue weighted by atomic mass is 10.1. The lowest BCUT2D eigenvalue weighted by Gasteiger charge is -2.05. The fraction of sp³-hybridized carbons (Fsp3) is 0.375. The van der Waals surface area contributed by atoms with Gasteiger partial charge in [0.15, 0.2) is 0 Å². The summed E-state index contributed by atoms with van der Waals surface area (Å²) in [6, 6.07) is 9.78. The summed E-state index contributed by atoms with van der Waals surface area (Å²) in [6.07, 6.45) is 1.17. The van der Waals surface area contributed by atoms with Crippen molar-refractivity contribution in [2.24, 2.45) is 0 Å². The zero-order valence-electron chi connectivity index (χ0n) is 12.2. The molecule has 4 nitrogen and oxygen atoms in total. The van der Waals surface area contributed by atoms with E-state index < -0.39 is 0 Å². The van der Waals surface area contributed by atoms with E-state index >= 15 is 0 Å². The maximum Gasteiger partial charge on any atom is 0.247 e. The molecule has 0 atom stereocenters. The Kier molecular flexibility index (Phi) is 4.56. The summed E-state index contributed by atoms with van der Waals surface area (Å²) in [5.74, 6) is 0.894. The molecule has 2 rings (SSSR count). The Morgan fingerprint density at radius 2 is 1.95 bits per heavy atom. The van der Waals surface area contributed by atoms with Gasteiger partial charge in [0.1, 0.15) is 5.75 Å². The predicted octanol–water partition coefficient (Wildman–Crippen LogP) is 3.17. The van der Waals surface area contributed by atoms with Crippen molar-refractivity contribution in [1.29, 1.82) is 0 Å². The number of carbonyl (C=O) groups excluding carboxylic acids is 1. The molecule has 0 bridgehead atoms. The Balaban J connectivity index is 1.94. The molecule has 0 aliphatic rings. The van der Waals surface area contributed by atoms with Crippen LogP contribution in [0.5, 0.6) is 5.75 Å². The number of aromatic nitrogens is 2. The highest BCUT2D eigenvalue weighted by molar-refractivity contribution is 5.78. The van der Waals surface area contributed by atoms with Crippen LogP contribution < -0.4 is 4.74 Å². The molecule has 1 aromatic heterocycles. The number of carbonyl (C=O) groups is 1. The molecule has 4 heteroatoms. The fourth-order valence-electron chi connectivity index (χ4n) is 2.16. The van der Waals surface area contributed by atoms with Crippen LogP contribution in [0.1, 0.15) is 35.1 Å². The Hall–Kier alpha value is -2.10. The summed E-state index contributed by atoms with van der Waals surface area (Å²) >= 11 is 0. The number of rotatable bonds is 5. The van der Waals surface area contributed by atoms with Gasteiger partial charge in [-0.05, 0) is 51.0 Å². The largest absolute Gasteiger partial charge is 0.494 e. The highest BCUT2D eigenvalue weighted by atomic mass is 16.5. The smallest absolute Gasteiger partial charge is 0.247 e. The minimum atomic E-state index is 0.0319. The lowest BCUT2D eigenvalue weighted by Crippen LogP contribution is -2.14. The van der Waals surface area contributed by atoms with Crippen molar-refractivity contribution in [2.45, 2.75) is 33.6 Å². The van der Waals surface area contributed by atoms with Crippen LogP contribution in [-0.4, -0.2) is 22.3 Å². The summed E-state index contributed by atoms with van der Waals surface area (Å²) in [7, 11) is 0. The molecule has 0 amide bonds. The highest BCUT2D eigenvalue weighted by Gasteiger charge is 2.10. The highest BCUT2D eigenvalue weighted by Crippen LogP contribution is 2.14. The third kappa shape index (κ3) is 3.47. The summed E-state index contributed by atoms with van der Waals surface area (Å²) in [4.78, 5) is 12.1. The molecule has 2 aromatic rings. The van der Waals surface area contributed by atoms with Gasteiger partial charge >= 0.3 is 0 Å². The molecular formula is C16H20N2O2. The first-order chi connectivity index (χ1) is 9.60. The van der Waals surface area contributed by atoms with Gasteiger partial charge in [0.2, 0.25) is 5.91 Å². The van der Waals surface area contributed by atoms with Crippen molar-refractivity contribution in [1.82, 2.24) is 9.78 Å². The van der Waals surface area contributed by atoms with Crippen LogP contribution in [-0.2, 0) is 6.42 Å². The van der Waals surface area contributed by atoms with Crippen LogP contribution in [0.3, 0.4) is 0 Å². The van der Waals surface area contributed by atoms with Gasteiger partial charge in [-0.3, -0.25) is 4.79 Å². The van der Waals surface area contributed by atoms with Gasteiger partial charge < -0.3 is 4.74 Å². The fourth-order valence-corrected chi connectivity index (χ4v) is 2.16. The third-order valence-corrected chi connectivity index (χ3v) is 3.11. The molecule has 0 fully saturated rings. The average Bonchev–Trinajstić information content (AvgIpc) is 2.77. The normalized spacial score (nSPS) is 10.6. The van der Waals surface area contributed by atoms with E-state index in [1.165, 1.54) is 4.68 Å². The van der Waals surface area contributed by atoms with Crippen molar-refractivity contribution < 1.29 is 9.53 Å². The van der Waals surface area contributed by atoms with E-state index in [4.69, 9.17) is 4.74 Å². The van der Waals surface area contributed by atoms with E-state index in [1.807, 2.05) is 51.1 Å². The molecule has 0 aliphatic carbocycles. The van der Waals surface area contributed by atoms with Crippen LogP contribution in [0, 0.1) is 13.8 Å². The standard InChI is InChI=1S/C16H20N2O2/c1-4-20-15-8-5-14(6-9-15)7-10-16(19)18-13(3)11-12(2)17-18/h5-6,8-9,11H,4,7,10H2,1-3H3. The molecule has 0 radical (unpaired) electrons. The first kappa shape index (κ1) is 14.3. The molecule has 0 N–H and O–H groups in total. The van der Waals surface area contributed by atoms with Crippen LogP contribution in [0.4, 0.5) is 0 Å². The van der Waals surface area contributed by atoms with Gasteiger partial charge in [-0.1, -0.05) is 12.1 Å². The first-order valence-electron chi connectivity index (χ1n) is 6.88. The number of hydrogen-bond acceptors (Lipinski definition) is 3. The Morgan fingerprint density at radius 1 is 1.25 bits per heavy atom.